The second kappa shape index (κ2) is 5.85. The fourth-order valence-electron chi connectivity index (χ4n) is 1.78. The van der Waals surface area contributed by atoms with Gasteiger partial charge in [0.2, 0.25) is 11.8 Å². The molecule has 1 aliphatic carbocycles. The van der Waals surface area contributed by atoms with Gasteiger partial charge in [-0.2, -0.15) is 5.10 Å². The minimum absolute atomic E-state index is 0.0649. The molecule has 7 nitrogen and oxygen atoms in total. The van der Waals surface area contributed by atoms with E-state index in [4.69, 9.17) is 5.73 Å². The number of hydrogen-bond acceptors (Lipinski definition) is 4. The van der Waals surface area contributed by atoms with Gasteiger partial charge in [0.05, 0.1) is 17.9 Å². The van der Waals surface area contributed by atoms with Gasteiger partial charge in [-0.1, -0.05) is 20.8 Å². The number of hydrogen-bond donors (Lipinski definition) is 3. The molecule has 1 fully saturated rings. The van der Waals surface area contributed by atoms with Gasteiger partial charge in [0.15, 0.2) is 0 Å². The average molecular weight is 293 g/mol. The summed E-state index contributed by atoms with van der Waals surface area (Å²) >= 11 is 0. The summed E-state index contributed by atoms with van der Waals surface area (Å²) in [6.45, 7) is 5.87. The van der Waals surface area contributed by atoms with Crippen LogP contribution in [0, 0.1) is 5.41 Å². The van der Waals surface area contributed by atoms with Gasteiger partial charge in [0.25, 0.3) is 0 Å². The lowest BCUT2D eigenvalue weighted by Crippen LogP contribution is -2.45. The second-order valence-electron chi connectivity index (χ2n) is 6.60. The van der Waals surface area contributed by atoms with Crippen LogP contribution in [0.15, 0.2) is 12.4 Å². The Bertz CT molecular complexity index is 528. The molecule has 0 radical (unpaired) electrons. The Kier molecular flexibility index (Phi) is 4.32. The summed E-state index contributed by atoms with van der Waals surface area (Å²) in [7, 11) is 0. The molecule has 1 saturated carbocycles. The molecule has 7 heteroatoms. The molecule has 0 saturated heterocycles. The van der Waals surface area contributed by atoms with Crippen LogP contribution in [0.1, 0.15) is 33.6 Å². The van der Waals surface area contributed by atoms with E-state index >= 15 is 0 Å². The number of anilines is 1. The Morgan fingerprint density at radius 1 is 1.48 bits per heavy atom. The lowest BCUT2D eigenvalue weighted by atomic mass is 9.87. The first kappa shape index (κ1) is 15.5. The van der Waals surface area contributed by atoms with Gasteiger partial charge in [0, 0.05) is 12.2 Å². The molecule has 0 aromatic carbocycles. The molecular formula is C14H23N5O2. The minimum atomic E-state index is -0.612. The van der Waals surface area contributed by atoms with Crippen molar-refractivity contribution >= 4 is 17.5 Å². The predicted molar refractivity (Wildman–Crippen MR) is 79.5 cm³/mol. The fraction of sp³-hybridized carbons (Fsp3) is 0.643. The molecule has 116 valence electrons. The van der Waals surface area contributed by atoms with Crippen molar-refractivity contribution in [1.82, 2.24) is 15.1 Å². The molecule has 21 heavy (non-hydrogen) atoms. The molecule has 1 aromatic heterocycles. The summed E-state index contributed by atoms with van der Waals surface area (Å²) in [4.78, 5) is 23.6. The van der Waals surface area contributed by atoms with E-state index in [2.05, 4.69) is 15.7 Å². The Hall–Kier alpha value is -1.89. The van der Waals surface area contributed by atoms with Gasteiger partial charge in [-0.05, 0) is 18.3 Å². The quantitative estimate of drug-likeness (QED) is 0.734. The molecule has 1 atom stereocenters. The van der Waals surface area contributed by atoms with Gasteiger partial charge in [-0.15, -0.1) is 0 Å². The van der Waals surface area contributed by atoms with Crippen LogP contribution in [0.3, 0.4) is 0 Å². The van der Waals surface area contributed by atoms with Gasteiger partial charge >= 0.3 is 0 Å². The second-order valence-corrected chi connectivity index (χ2v) is 6.60. The normalized spacial score (nSPS) is 16.4. The molecule has 1 aromatic rings. The molecule has 0 spiro atoms. The van der Waals surface area contributed by atoms with Crippen LogP contribution in [0.4, 0.5) is 5.69 Å². The van der Waals surface area contributed by atoms with Crippen molar-refractivity contribution in [2.24, 2.45) is 11.1 Å². The highest BCUT2D eigenvalue weighted by molar-refractivity contribution is 5.95. The lowest BCUT2D eigenvalue weighted by Gasteiger charge is -2.25. The van der Waals surface area contributed by atoms with E-state index in [-0.39, 0.29) is 23.8 Å². The number of carbonyl (C=O) groups excluding carboxylic acids is 2. The van der Waals surface area contributed by atoms with Crippen molar-refractivity contribution in [2.45, 2.75) is 52.2 Å². The summed E-state index contributed by atoms with van der Waals surface area (Å²) in [6.07, 6.45) is 5.24. The molecule has 1 heterocycles. The number of carbonyl (C=O) groups is 2. The standard InChI is InChI=1S/C14H23N5O2/c1-14(2,3)12(15)13(21)18-10-6-16-19(7-10)8-11(20)17-9-4-5-9/h6-7,9,12H,4-5,8,15H2,1-3H3,(H,17,20)(H,18,21)/t12-/m1/s1. The summed E-state index contributed by atoms with van der Waals surface area (Å²) in [6, 6.07) is -0.281. The summed E-state index contributed by atoms with van der Waals surface area (Å²) in [5.74, 6) is -0.325. The van der Waals surface area contributed by atoms with Crippen LogP contribution in [-0.4, -0.2) is 33.7 Å². The first-order valence-corrected chi connectivity index (χ1v) is 7.14. The molecule has 2 amide bonds. The van der Waals surface area contributed by atoms with Gasteiger partial charge < -0.3 is 16.4 Å². The molecule has 0 bridgehead atoms. The van der Waals surface area contributed by atoms with Gasteiger partial charge in [-0.25, -0.2) is 0 Å². The first-order chi connectivity index (χ1) is 9.75. The third-order valence-corrected chi connectivity index (χ3v) is 3.36. The maximum atomic E-state index is 12.0. The summed E-state index contributed by atoms with van der Waals surface area (Å²) in [5, 5.41) is 9.66. The molecule has 4 N–H and O–H groups in total. The van der Waals surface area contributed by atoms with E-state index in [1.54, 1.807) is 6.20 Å². The Balaban J connectivity index is 1.87. The van der Waals surface area contributed by atoms with Crippen molar-refractivity contribution in [1.29, 1.82) is 0 Å². The third-order valence-electron chi connectivity index (χ3n) is 3.36. The van der Waals surface area contributed by atoms with Crippen molar-refractivity contribution in [3.8, 4) is 0 Å². The fourth-order valence-corrected chi connectivity index (χ4v) is 1.78. The van der Waals surface area contributed by atoms with E-state index in [0.29, 0.717) is 11.7 Å². The number of amides is 2. The van der Waals surface area contributed by atoms with Crippen LogP contribution in [-0.2, 0) is 16.1 Å². The van der Waals surface area contributed by atoms with E-state index < -0.39 is 6.04 Å². The van der Waals surface area contributed by atoms with Crippen LogP contribution < -0.4 is 16.4 Å². The largest absolute Gasteiger partial charge is 0.352 e. The van der Waals surface area contributed by atoms with Crippen LogP contribution in [0.5, 0.6) is 0 Å². The number of nitrogens with one attached hydrogen (secondary N) is 2. The third kappa shape index (κ3) is 4.56. The zero-order valence-electron chi connectivity index (χ0n) is 12.7. The zero-order chi connectivity index (χ0) is 15.6. The number of nitrogens with two attached hydrogens (primary N) is 1. The predicted octanol–water partition coefficient (Wildman–Crippen LogP) is 0.474. The highest BCUT2D eigenvalue weighted by Gasteiger charge is 2.27. The smallest absolute Gasteiger partial charge is 0.241 e. The van der Waals surface area contributed by atoms with Crippen molar-refractivity contribution in [3.63, 3.8) is 0 Å². The molecule has 0 aliphatic heterocycles. The van der Waals surface area contributed by atoms with Gasteiger partial charge in [0.1, 0.15) is 6.54 Å². The van der Waals surface area contributed by atoms with E-state index in [0.717, 1.165) is 12.8 Å². The van der Waals surface area contributed by atoms with Crippen molar-refractivity contribution in [2.75, 3.05) is 5.32 Å². The summed E-state index contributed by atoms with van der Waals surface area (Å²) < 4.78 is 1.50. The van der Waals surface area contributed by atoms with Gasteiger partial charge in [-0.3, -0.25) is 14.3 Å². The number of nitrogens with zero attached hydrogens (tertiary/aromatic N) is 2. The highest BCUT2D eigenvalue weighted by Crippen LogP contribution is 2.19. The lowest BCUT2D eigenvalue weighted by molar-refractivity contribution is -0.122. The Morgan fingerprint density at radius 2 is 2.14 bits per heavy atom. The van der Waals surface area contributed by atoms with Crippen LogP contribution in [0.2, 0.25) is 0 Å². The molecule has 0 unspecified atom stereocenters. The Morgan fingerprint density at radius 3 is 2.71 bits per heavy atom. The van der Waals surface area contributed by atoms with Crippen LogP contribution in [0.25, 0.3) is 0 Å². The number of aromatic nitrogens is 2. The zero-order valence-corrected chi connectivity index (χ0v) is 12.7. The number of rotatable bonds is 5. The molecular weight excluding hydrogens is 270 g/mol. The topological polar surface area (TPSA) is 102 Å². The minimum Gasteiger partial charge on any atom is -0.352 e. The average Bonchev–Trinajstić information content (AvgIpc) is 3.07. The SMILES string of the molecule is CC(C)(C)[C@H](N)C(=O)Nc1cnn(CC(=O)NC2CC2)c1. The summed E-state index contributed by atoms with van der Waals surface area (Å²) in [5.41, 5.74) is 6.11. The Labute approximate surface area is 124 Å². The van der Waals surface area contributed by atoms with Crippen molar-refractivity contribution < 1.29 is 9.59 Å². The van der Waals surface area contributed by atoms with Crippen LogP contribution >= 0.6 is 0 Å². The molecule has 2 rings (SSSR count). The van der Waals surface area contributed by atoms with E-state index in [9.17, 15) is 9.59 Å². The molecule has 1 aliphatic rings. The van der Waals surface area contributed by atoms with E-state index in [1.807, 2.05) is 20.8 Å². The monoisotopic (exact) mass is 293 g/mol. The highest BCUT2D eigenvalue weighted by atomic mass is 16.2. The van der Waals surface area contributed by atoms with Crippen molar-refractivity contribution in [3.05, 3.63) is 12.4 Å². The maximum absolute atomic E-state index is 12.0. The first-order valence-electron chi connectivity index (χ1n) is 7.14. The maximum Gasteiger partial charge on any atom is 0.241 e. The van der Waals surface area contributed by atoms with E-state index in [1.165, 1.54) is 10.9 Å².